The molecular formula is C31H21Cl2N3O5. The van der Waals surface area contributed by atoms with Crippen LogP contribution in [0.2, 0.25) is 10.0 Å². The van der Waals surface area contributed by atoms with Gasteiger partial charge >= 0.3 is 0 Å². The highest BCUT2D eigenvalue weighted by Gasteiger charge is 2.17. The Morgan fingerprint density at radius 1 is 0.756 bits per heavy atom. The fourth-order valence-electron chi connectivity index (χ4n) is 3.63. The van der Waals surface area contributed by atoms with Gasteiger partial charge in [0.15, 0.2) is 5.78 Å². The molecule has 0 radical (unpaired) electrons. The molecule has 0 heterocycles. The molecule has 0 saturated heterocycles. The molecule has 0 aliphatic carbocycles. The van der Waals surface area contributed by atoms with Gasteiger partial charge in [0.25, 0.3) is 17.5 Å². The molecular weight excluding hydrogens is 565 g/mol. The zero-order chi connectivity index (χ0) is 29.4. The zero-order valence-electron chi connectivity index (χ0n) is 21.2. The van der Waals surface area contributed by atoms with E-state index in [2.05, 4.69) is 10.6 Å². The van der Waals surface area contributed by atoms with E-state index >= 15 is 0 Å². The summed E-state index contributed by atoms with van der Waals surface area (Å²) in [5.74, 6) is -1.44. The molecule has 2 N–H and O–H groups in total. The molecule has 0 fully saturated rings. The average Bonchev–Trinajstić information content (AvgIpc) is 2.98. The molecule has 4 aromatic rings. The van der Waals surface area contributed by atoms with Crippen molar-refractivity contribution in [2.75, 3.05) is 5.32 Å². The first-order valence-corrected chi connectivity index (χ1v) is 12.9. The Hall–Kier alpha value is -5.05. The number of nitro benzene ring substituents is 1. The van der Waals surface area contributed by atoms with E-state index in [1.807, 2.05) is 0 Å². The molecule has 0 saturated carbocycles. The van der Waals surface area contributed by atoms with Crippen LogP contribution < -0.4 is 10.6 Å². The van der Waals surface area contributed by atoms with Crippen molar-refractivity contribution in [2.24, 2.45) is 0 Å². The van der Waals surface area contributed by atoms with Gasteiger partial charge in [-0.3, -0.25) is 24.5 Å². The normalized spacial score (nSPS) is 11.2. The van der Waals surface area contributed by atoms with Crippen LogP contribution in [0.3, 0.4) is 0 Å². The lowest BCUT2D eigenvalue weighted by molar-refractivity contribution is -0.384. The average molecular weight is 586 g/mol. The van der Waals surface area contributed by atoms with Gasteiger partial charge < -0.3 is 10.6 Å². The number of benzene rings is 4. The Kier molecular flexibility index (Phi) is 9.42. The molecule has 4 aromatic carbocycles. The number of nitro groups is 1. The molecule has 0 spiro atoms. The summed E-state index contributed by atoms with van der Waals surface area (Å²) in [6, 6.07) is 25.2. The highest BCUT2D eigenvalue weighted by Crippen LogP contribution is 2.27. The van der Waals surface area contributed by atoms with Crippen molar-refractivity contribution in [3.63, 3.8) is 0 Å². The van der Waals surface area contributed by atoms with E-state index in [-0.39, 0.29) is 17.2 Å². The van der Waals surface area contributed by atoms with Gasteiger partial charge in [-0.15, -0.1) is 0 Å². The summed E-state index contributed by atoms with van der Waals surface area (Å²) in [5, 5.41) is 16.7. The van der Waals surface area contributed by atoms with Gasteiger partial charge in [0, 0.05) is 44.6 Å². The van der Waals surface area contributed by atoms with Crippen LogP contribution in [-0.4, -0.2) is 22.5 Å². The molecule has 204 valence electrons. The standard InChI is InChI=1S/C31H21Cl2N3O5/c32-26-7-4-8-27(33)25(26)19-28(35-30(38)22-5-2-1-3-6-22)31(39)34-23-14-12-21(13-15-23)29(37)18-11-20-9-16-24(17-10-20)36(40)41/h1-19H,(H,34,39)(H,35,38)/b18-11+,28-19-. The molecule has 0 unspecified atom stereocenters. The first-order valence-electron chi connectivity index (χ1n) is 12.1. The molecule has 0 aliphatic heterocycles. The van der Waals surface area contributed by atoms with E-state index in [0.29, 0.717) is 38.0 Å². The van der Waals surface area contributed by atoms with Gasteiger partial charge in [0.1, 0.15) is 5.70 Å². The van der Waals surface area contributed by atoms with Crippen LogP contribution in [0.5, 0.6) is 0 Å². The highest BCUT2D eigenvalue weighted by molar-refractivity contribution is 6.37. The van der Waals surface area contributed by atoms with Crippen LogP contribution in [0.15, 0.2) is 109 Å². The minimum Gasteiger partial charge on any atom is -0.321 e. The van der Waals surface area contributed by atoms with E-state index in [0.717, 1.165) is 0 Å². The number of anilines is 1. The Labute approximate surface area is 245 Å². The van der Waals surface area contributed by atoms with Gasteiger partial charge in [-0.05, 0) is 78.4 Å². The van der Waals surface area contributed by atoms with Gasteiger partial charge in [-0.25, -0.2) is 0 Å². The number of nitrogens with one attached hydrogen (secondary N) is 2. The van der Waals surface area contributed by atoms with Crippen LogP contribution in [0.25, 0.3) is 12.2 Å². The number of non-ortho nitro benzene ring substituents is 1. The van der Waals surface area contributed by atoms with Gasteiger partial charge in [-0.1, -0.05) is 53.5 Å². The van der Waals surface area contributed by atoms with Crippen molar-refractivity contribution < 1.29 is 19.3 Å². The van der Waals surface area contributed by atoms with Crippen molar-refractivity contribution in [2.45, 2.75) is 0 Å². The molecule has 10 heteroatoms. The topological polar surface area (TPSA) is 118 Å². The van der Waals surface area contributed by atoms with Crippen molar-refractivity contribution in [3.8, 4) is 0 Å². The summed E-state index contributed by atoms with van der Waals surface area (Å²) in [6.07, 6.45) is 4.29. The number of hydrogen-bond donors (Lipinski definition) is 2. The van der Waals surface area contributed by atoms with Crippen molar-refractivity contribution >= 4 is 64.3 Å². The van der Waals surface area contributed by atoms with Crippen molar-refractivity contribution in [3.05, 3.63) is 151 Å². The van der Waals surface area contributed by atoms with E-state index in [1.54, 1.807) is 66.7 Å². The summed E-state index contributed by atoms with van der Waals surface area (Å²) < 4.78 is 0. The van der Waals surface area contributed by atoms with E-state index in [4.69, 9.17) is 23.2 Å². The Morgan fingerprint density at radius 3 is 2.00 bits per heavy atom. The van der Waals surface area contributed by atoms with Crippen molar-refractivity contribution in [1.29, 1.82) is 0 Å². The Bertz CT molecular complexity index is 1650. The predicted octanol–water partition coefficient (Wildman–Crippen LogP) is 7.21. The molecule has 41 heavy (non-hydrogen) atoms. The van der Waals surface area contributed by atoms with E-state index < -0.39 is 16.7 Å². The summed E-state index contributed by atoms with van der Waals surface area (Å²) in [5.41, 5.74) is 1.92. The monoisotopic (exact) mass is 585 g/mol. The summed E-state index contributed by atoms with van der Waals surface area (Å²) in [7, 11) is 0. The maximum atomic E-state index is 13.3. The quantitative estimate of drug-likeness (QED) is 0.0930. The number of allylic oxidation sites excluding steroid dienone is 1. The summed E-state index contributed by atoms with van der Waals surface area (Å²) >= 11 is 12.6. The lowest BCUT2D eigenvalue weighted by Crippen LogP contribution is -2.30. The molecule has 4 rings (SSSR count). The van der Waals surface area contributed by atoms with Crippen LogP contribution in [0.4, 0.5) is 11.4 Å². The number of halogens is 2. The molecule has 0 bridgehead atoms. The van der Waals surface area contributed by atoms with Crippen LogP contribution >= 0.6 is 23.2 Å². The minimum absolute atomic E-state index is 0.0429. The largest absolute Gasteiger partial charge is 0.321 e. The number of carbonyl (C=O) groups excluding carboxylic acids is 3. The minimum atomic E-state index is -0.637. The highest BCUT2D eigenvalue weighted by atomic mass is 35.5. The fourth-order valence-corrected chi connectivity index (χ4v) is 4.13. The molecule has 0 aliphatic rings. The smallest absolute Gasteiger partial charge is 0.272 e. The van der Waals surface area contributed by atoms with Crippen LogP contribution in [0.1, 0.15) is 31.8 Å². The second-order valence-corrected chi connectivity index (χ2v) is 9.41. The lowest BCUT2D eigenvalue weighted by Gasteiger charge is -2.12. The van der Waals surface area contributed by atoms with Crippen molar-refractivity contribution in [1.82, 2.24) is 5.32 Å². The number of carbonyl (C=O) groups is 3. The second kappa shape index (κ2) is 13.3. The number of rotatable bonds is 9. The third kappa shape index (κ3) is 7.76. The van der Waals surface area contributed by atoms with Gasteiger partial charge in [0.05, 0.1) is 4.92 Å². The maximum absolute atomic E-state index is 13.3. The number of hydrogen-bond acceptors (Lipinski definition) is 5. The van der Waals surface area contributed by atoms with E-state index in [9.17, 15) is 24.5 Å². The van der Waals surface area contributed by atoms with Gasteiger partial charge in [0.2, 0.25) is 0 Å². The second-order valence-electron chi connectivity index (χ2n) is 8.59. The summed E-state index contributed by atoms with van der Waals surface area (Å²) in [6.45, 7) is 0. The van der Waals surface area contributed by atoms with Gasteiger partial charge in [-0.2, -0.15) is 0 Å². The number of nitrogens with zero attached hydrogens (tertiary/aromatic N) is 1. The van der Waals surface area contributed by atoms with Crippen LogP contribution in [-0.2, 0) is 4.79 Å². The summed E-state index contributed by atoms with van der Waals surface area (Å²) in [4.78, 5) is 49.0. The lowest BCUT2D eigenvalue weighted by atomic mass is 10.1. The molecule has 2 amide bonds. The zero-order valence-corrected chi connectivity index (χ0v) is 22.7. The van der Waals surface area contributed by atoms with Crippen LogP contribution in [0, 0.1) is 10.1 Å². The Balaban J connectivity index is 1.50. The fraction of sp³-hybridized carbons (Fsp3) is 0. The number of amides is 2. The maximum Gasteiger partial charge on any atom is 0.272 e. The third-order valence-electron chi connectivity index (χ3n) is 5.78. The molecule has 8 nitrogen and oxygen atoms in total. The van der Waals surface area contributed by atoms with E-state index in [1.165, 1.54) is 48.6 Å². The molecule has 0 aromatic heterocycles. The first kappa shape index (κ1) is 28.9. The third-order valence-corrected chi connectivity index (χ3v) is 6.43. The Morgan fingerprint density at radius 2 is 1.39 bits per heavy atom. The molecule has 0 atom stereocenters. The SMILES string of the molecule is O=C(Nc1ccc(C(=O)/C=C/c2ccc([N+](=O)[O-])cc2)cc1)/C(=C/c1c(Cl)cccc1Cl)NC(=O)c1ccccc1. The number of ketones is 1. The first-order chi connectivity index (χ1) is 19.7. The predicted molar refractivity (Wildman–Crippen MR) is 160 cm³/mol.